The quantitative estimate of drug-likeness (QED) is 0.343. The maximum Gasteiger partial charge on any atom is 0.309 e. The lowest BCUT2D eigenvalue weighted by molar-refractivity contribution is -0.146. The van der Waals surface area contributed by atoms with Crippen molar-refractivity contribution in [2.24, 2.45) is 5.92 Å². The fourth-order valence-corrected chi connectivity index (χ4v) is 5.27. The minimum absolute atomic E-state index is 0.0223. The molecular formula is C19H25O5P. The van der Waals surface area contributed by atoms with Gasteiger partial charge in [-0.15, -0.1) is 0 Å². The molecule has 0 fully saturated rings. The summed E-state index contributed by atoms with van der Waals surface area (Å²) in [4.78, 5) is 23.7. The van der Waals surface area contributed by atoms with Crippen LogP contribution < -0.4 is 5.30 Å². The van der Waals surface area contributed by atoms with Crippen LogP contribution in [0.1, 0.15) is 13.3 Å². The topological polar surface area (TPSA) is 69.7 Å². The molecule has 136 valence electrons. The lowest BCUT2D eigenvalue weighted by atomic mass is 10.2. The van der Waals surface area contributed by atoms with E-state index >= 15 is 0 Å². The molecule has 0 aliphatic rings. The van der Waals surface area contributed by atoms with Crippen LogP contribution in [0, 0.1) is 5.92 Å². The van der Waals surface area contributed by atoms with Crippen molar-refractivity contribution in [2.75, 3.05) is 25.5 Å². The van der Waals surface area contributed by atoms with Gasteiger partial charge in [0, 0.05) is 17.6 Å². The molecule has 0 N–H and O–H groups in total. The van der Waals surface area contributed by atoms with Crippen LogP contribution in [0.15, 0.2) is 55.6 Å². The van der Waals surface area contributed by atoms with Gasteiger partial charge >= 0.3 is 11.9 Å². The van der Waals surface area contributed by atoms with Crippen LogP contribution in [0.3, 0.4) is 0 Å². The number of carbonyl (C=O) groups excluding carboxylic acids is 2. The smallest absolute Gasteiger partial charge is 0.309 e. The van der Waals surface area contributed by atoms with Gasteiger partial charge in [0.15, 0.2) is 0 Å². The predicted molar refractivity (Wildman–Crippen MR) is 99.5 cm³/mol. The molecule has 1 rings (SSSR count). The highest BCUT2D eigenvalue weighted by molar-refractivity contribution is 7.71. The SMILES string of the molecule is C=CCOC(=O)CCP(=O)(CC(C)C(=O)OCC=C)c1ccccc1. The van der Waals surface area contributed by atoms with Gasteiger partial charge < -0.3 is 14.0 Å². The number of rotatable bonds is 11. The fourth-order valence-electron chi connectivity index (χ4n) is 2.32. The summed E-state index contributed by atoms with van der Waals surface area (Å²) in [6, 6.07) is 8.93. The Balaban J connectivity index is 2.87. The third kappa shape index (κ3) is 7.10. The number of hydrogen-bond donors (Lipinski definition) is 0. The van der Waals surface area contributed by atoms with Crippen LogP contribution in [0.2, 0.25) is 0 Å². The van der Waals surface area contributed by atoms with Gasteiger partial charge in [0.1, 0.15) is 20.4 Å². The zero-order chi connectivity index (χ0) is 18.7. The first-order valence-corrected chi connectivity index (χ1v) is 10.2. The molecule has 2 unspecified atom stereocenters. The molecule has 2 atom stereocenters. The molecule has 0 saturated carbocycles. The average molecular weight is 364 g/mol. The van der Waals surface area contributed by atoms with Gasteiger partial charge in [-0.2, -0.15) is 0 Å². The molecule has 0 spiro atoms. The molecule has 6 heteroatoms. The summed E-state index contributed by atoms with van der Waals surface area (Å²) in [5.74, 6) is -1.40. The van der Waals surface area contributed by atoms with Crippen molar-refractivity contribution < 1.29 is 23.6 Å². The Hall–Kier alpha value is -2.13. The third-order valence-electron chi connectivity index (χ3n) is 3.58. The highest BCUT2D eigenvalue weighted by atomic mass is 31.2. The molecule has 0 radical (unpaired) electrons. The Morgan fingerprint density at radius 2 is 1.72 bits per heavy atom. The van der Waals surface area contributed by atoms with E-state index in [1.165, 1.54) is 12.2 Å². The van der Waals surface area contributed by atoms with Crippen molar-refractivity contribution in [3.63, 3.8) is 0 Å². The summed E-state index contributed by atoms with van der Waals surface area (Å²) in [5, 5.41) is 0.648. The summed E-state index contributed by atoms with van der Waals surface area (Å²) < 4.78 is 23.5. The van der Waals surface area contributed by atoms with Crippen LogP contribution in [-0.4, -0.2) is 37.5 Å². The second-order valence-electron chi connectivity index (χ2n) is 5.67. The van der Waals surface area contributed by atoms with E-state index in [0.29, 0.717) is 5.30 Å². The first-order chi connectivity index (χ1) is 11.9. The average Bonchev–Trinajstić information content (AvgIpc) is 2.63. The standard InChI is InChI=1S/C19H25O5P/c1-4-12-23-18(20)11-14-25(22,17-9-7-6-8-10-17)15-16(3)19(21)24-13-5-2/h4-10,16H,1-2,11-15H2,3H3. The number of hydrogen-bond acceptors (Lipinski definition) is 5. The molecule has 1 aromatic rings. The van der Waals surface area contributed by atoms with Crippen molar-refractivity contribution in [2.45, 2.75) is 13.3 Å². The third-order valence-corrected chi connectivity index (χ3v) is 6.90. The van der Waals surface area contributed by atoms with Crippen molar-refractivity contribution in [1.82, 2.24) is 0 Å². The Morgan fingerprint density at radius 1 is 1.12 bits per heavy atom. The number of esters is 2. The molecule has 5 nitrogen and oxygen atoms in total. The van der Waals surface area contributed by atoms with Crippen LogP contribution in [-0.2, 0) is 23.6 Å². The van der Waals surface area contributed by atoms with Gasteiger partial charge in [-0.05, 0) is 0 Å². The maximum absolute atomic E-state index is 13.5. The second kappa shape index (κ2) is 10.7. The van der Waals surface area contributed by atoms with Crippen LogP contribution in [0.5, 0.6) is 0 Å². The van der Waals surface area contributed by atoms with Gasteiger partial charge in [0.25, 0.3) is 0 Å². The van der Waals surface area contributed by atoms with E-state index in [0.717, 1.165) is 0 Å². The van der Waals surface area contributed by atoms with Crippen molar-refractivity contribution in [1.29, 1.82) is 0 Å². The highest BCUT2D eigenvalue weighted by Crippen LogP contribution is 2.47. The van der Waals surface area contributed by atoms with E-state index in [-0.39, 0.29) is 32.0 Å². The van der Waals surface area contributed by atoms with Crippen LogP contribution in [0.4, 0.5) is 0 Å². The van der Waals surface area contributed by atoms with E-state index in [1.807, 2.05) is 6.07 Å². The van der Waals surface area contributed by atoms with Gasteiger partial charge in [0.2, 0.25) is 0 Å². The van der Waals surface area contributed by atoms with E-state index in [2.05, 4.69) is 13.2 Å². The zero-order valence-corrected chi connectivity index (χ0v) is 15.5. The Bertz CT molecular complexity index is 638. The van der Waals surface area contributed by atoms with E-state index < -0.39 is 25.0 Å². The number of carbonyl (C=O) groups is 2. The highest BCUT2D eigenvalue weighted by Gasteiger charge is 2.31. The molecule has 0 aliphatic heterocycles. The normalized spacial score (nSPS) is 14.0. The fraction of sp³-hybridized carbons (Fsp3) is 0.368. The summed E-state index contributed by atoms with van der Waals surface area (Å²) >= 11 is 0. The van der Waals surface area contributed by atoms with Gasteiger partial charge in [-0.25, -0.2) is 0 Å². The van der Waals surface area contributed by atoms with E-state index in [4.69, 9.17) is 9.47 Å². The lowest BCUT2D eigenvalue weighted by Gasteiger charge is -2.21. The molecule has 0 aromatic heterocycles. The zero-order valence-electron chi connectivity index (χ0n) is 14.6. The summed E-state index contributed by atoms with van der Waals surface area (Å²) in [5.41, 5.74) is 0. The number of ether oxygens (including phenoxy) is 2. The predicted octanol–water partition coefficient (Wildman–Crippen LogP) is 3.16. The summed E-state index contributed by atoms with van der Waals surface area (Å²) in [6.45, 7) is 8.90. The largest absolute Gasteiger partial charge is 0.461 e. The summed E-state index contributed by atoms with van der Waals surface area (Å²) in [7, 11) is -2.95. The van der Waals surface area contributed by atoms with Crippen molar-refractivity contribution in [3.05, 3.63) is 55.6 Å². The Kier molecular flexibility index (Phi) is 8.93. The first kappa shape index (κ1) is 20.9. The molecule has 0 heterocycles. The first-order valence-electron chi connectivity index (χ1n) is 8.10. The minimum Gasteiger partial charge on any atom is -0.461 e. The van der Waals surface area contributed by atoms with E-state index in [9.17, 15) is 14.2 Å². The van der Waals surface area contributed by atoms with Crippen molar-refractivity contribution in [3.8, 4) is 0 Å². The summed E-state index contributed by atoms with van der Waals surface area (Å²) in [6.07, 6.45) is 3.27. The second-order valence-corrected chi connectivity index (χ2v) is 8.78. The lowest BCUT2D eigenvalue weighted by Crippen LogP contribution is -2.23. The van der Waals surface area contributed by atoms with Gasteiger partial charge in [-0.3, -0.25) is 9.59 Å². The molecule has 1 aromatic carbocycles. The van der Waals surface area contributed by atoms with Gasteiger partial charge in [0.05, 0.1) is 12.3 Å². The van der Waals surface area contributed by atoms with E-state index in [1.54, 1.807) is 31.2 Å². The van der Waals surface area contributed by atoms with Crippen LogP contribution >= 0.6 is 7.14 Å². The maximum atomic E-state index is 13.5. The van der Waals surface area contributed by atoms with Gasteiger partial charge in [-0.1, -0.05) is 62.6 Å². The minimum atomic E-state index is -2.95. The molecule has 0 saturated heterocycles. The Labute approximate surface area is 149 Å². The molecule has 0 aliphatic carbocycles. The Morgan fingerprint density at radius 3 is 2.32 bits per heavy atom. The molecular weight excluding hydrogens is 339 g/mol. The van der Waals surface area contributed by atoms with Crippen molar-refractivity contribution >= 4 is 24.4 Å². The monoisotopic (exact) mass is 364 g/mol. The number of benzene rings is 1. The molecule has 25 heavy (non-hydrogen) atoms. The molecule has 0 amide bonds. The van der Waals surface area contributed by atoms with Crippen LogP contribution in [0.25, 0.3) is 0 Å². The molecule has 0 bridgehead atoms.